The quantitative estimate of drug-likeness (QED) is 0.560. The summed E-state index contributed by atoms with van der Waals surface area (Å²) in [6, 6.07) is 13.4. The van der Waals surface area contributed by atoms with Crippen LogP contribution in [0.25, 0.3) is 10.9 Å². The molecule has 180 valence electrons. The van der Waals surface area contributed by atoms with Gasteiger partial charge in [0.25, 0.3) is 5.91 Å². The number of anilines is 3. The molecule has 1 atom stereocenters. The Hall–Kier alpha value is -4.05. The predicted molar refractivity (Wildman–Crippen MR) is 130 cm³/mol. The highest BCUT2D eigenvalue weighted by molar-refractivity contribution is 5.98. The minimum Gasteiger partial charge on any atom is -0.497 e. The monoisotopic (exact) mass is 475 g/mol. The van der Waals surface area contributed by atoms with Crippen molar-refractivity contribution in [1.29, 1.82) is 0 Å². The molecule has 6 rings (SSSR count). The Labute approximate surface area is 201 Å². The summed E-state index contributed by atoms with van der Waals surface area (Å²) in [5, 5.41) is 7.11. The van der Waals surface area contributed by atoms with Gasteiger partial charge in [-0.15, -0.1) is 0 Å². The molecule has 2 saturated heterocycles. The summed E-state index contributed by atoms with van der Waals surface area (Å²) < 4.78 is 16.7. The fourth-order valence-electron chi connectivity index (χ4n) is 4.71. The average molecular weight is 476 g/mol. The number of cyclic esters (lactones) is 1. The van der Waals surface area contributed by atoms with Crippen molar-refractivity contribution < 1.29 is 23.8 Å². The number of nitrogens with one attached hydrogen (secondary N) is 2. The van der Waals surface area contributed by atoms with Crippen molar-refractivity contribution in [3.8, 4) is 11.5 Å². The number of carbonyl (C=O) groups is 2. The van der Waals surface area contributed by atoms with Crippen LogP contribution in [-0.4, -0.2) is 69.0 Å². The maximum Gasteiger partial charge on any atom is 0.414 e. The van der Waals surface area contributed by atoms with E-state index in [2.05, 4.69) is 20.5 Å². The lowest BCUT2D eigenvalue weighted by atomic mass is 10.1. The van der Waals surface area contributed by atoms with E-state index >= 15 is 0 Å². The second-order valence-corrected chi connectivity index (χ2v) is 8.81. The standard InChI is InChI=1S/C25H25N5O5/c1-33-17-3-4-20-19(9-17)22(6-7-27-20)29(16-10-26-11-16)12-18-13-30(25(32)35-18)15-2-5-23-21(8-15)28-24(31)14-34-23/h2-9,16,18,26H,10-14H2,1H3,(H,28,31)/t18-/m1/s1. The van der Waals surface area contributed by atoms with Gasteiger partial charge in [-0.05, 0) is 42.5 Å². The van der Waals surface area contributed by atoms with Crippen molar-refractivity contribution in [3.05, 3.63) is 48.7 Å². The summed E-state index contributed by atoms with van der Waals surface area (Å²) in [6.07, 6.45) is 1.06. The Bertz CT molecular complexity index is 1310. The van der Waals surface area contributed by atoms with Crippen LogP contribution < -0.4 is 29.9 Å². The lowest BCUT2D eigenvalue weighted by molar-refractivity contribution is -0.118. The normalized spacial score (nSPS) is 19.5. The summed E-state index contributed by atoms with van der Waals surface area (Å²) in [6.45, 7) is 2.62. The Morgan fingerprint density at radius 3 is 2.86 bits per heavy atom. The number of aromatic nitrogens is 1. The number of nitrogens with zero attached hydrogens (tertiary/aromatic N) is 3. The first-order valence-electron chi connectivity index (χ1n) is 11.5. The topological polar surface area (TPSA) is 105 Å². The van der Waals surface area contributed by atoms with Crippen molar-refractivity contribution in [1.82, 2.24) is 10.3 Å². The van der Waals surface area contributed by atoms with Crippen LogP contribution in [0.15, 0.2) is 48.7 Å². The molecule has 4 heterocycles. The van der Waals surface area contributed by atoms with Gasteiger partial charge in [-0.25, -0.2) is 4.79 Å². The zero-order valence-corrected chi connectivity index (χ0v) is 19.2. The van der Waals surface area contributed by atoms with Gasteiger partial charge in [-0.1, -0.05) is 0 Å². The molecule has 0 aliphatic carbocycles. The van der Waals surface area contributed by atoms with E-state index in [0.29, 0.717) is 30.2 Å². The predicted octanol–water partition coefficient (Wildman–Crippen LogP) is 2.38. The number of amides is 2. The lowest BCUT2D eigenvalue weighted by Crippen LogP contribution is -2.59. The Morgan fingerprint density at radius 2 is 2.06 bits per heavy atom. The molecule has 2 amide bonds. The second kappa shape index (κ2) is 8.62. The second-order valence-electron chi connectivity index (χ2n) is 8.81. The summed E-state index contributed by atoms with van der Waals surface area (Å²) in [5.74, 6) is 1.13. The first-order chi connectivity index (χ1) is 17.1. The number of benzene rings is 2. The fraction of sp³-hybridized carbons (Fsp3) is 0.320. The van der Waals surface area contributed by atoms with E-state index in [4.69, 9.17) is 14.2 Å². The molecule has 0 spiro atoms. The molecule has 10 heteroatoms. The summed E-state index contributed by atoms with van der Waals surface area (Å²) in [4.78, 5) is 32.9. The van der Waals surface area contributed by atoms with E-state index in [1.54, 1.807) is 36.4 Å². The molecular formula is C25H25N5O5. The van der Waals surface area contributed by atoms with Crippen molar-refractivity contribution in [2.45, 2.75) is 12.1 Å². The Morgan fingerprint density at radius 1 is 1.17 bits per heavy atom. The molecular weight excluding hydrogens is 450 g/mol. The minimum atomic E-state index is -0.411. The minimum absolute atomic E-state index is 0.0123. The molecule has 3 aliphatic heterocycles. The van der Waals surface area contributed by atoms with Crippen LogP contribution in [-0.2, 0) is 9.53 Å². The van der Waals surface area contributed by atoms with Crippen molar-refractivity contribution in [2.24, 2.45) is 0 Å². The van der Waals surface area contributed by atoms with Gasteiger partial charge in [0.15, 0.2) is 6.61 Å². The van der Waals surface area contributed by atoms with Gasteiger partial charge in [-0.2, -0.15) is 0 Å². The van der Waals surface area contributed by atoms with Crippen molar-refractivity contribution >= 4 is 40.0 Å². The molecule has 3 aliphatic rings. The highest BCUT2D eigenvalue weighted by Gasteiger charge is 2.37. The molecule has 0 radical (unpaired) electrons. The molecule has 35 heavy (non-hydrogen) atoms. The number of carbonyl (C=O) groups excluding carboxylic acids is 2. The summed E-state index contributed by atoms with van der Waals surface area (Å²) >= 11 is 0. The SMILES string of the molecule is COc1ccc2nccc(N(C[C@@H]3CN(c4ccc5c(c4)NC(=O)CO5)C(=O)O3)C3CNC3)c2c1. The third-order valence-electron chi connectivity index (χ3n) is 6.62. The smallest absolute Gasteiger partial charge is 0.414 e. The van der Waals surface area contributed by atoms with E-state index in [9.17, 15) is 9.59 Å². The number of hydrogen-bond donors (Lipinski definition) is 2. The van der Waals surface area contributed by atoms with Crippen LogP contribution in [0.5, 0.6) is 11.5 Å². The van der Waals surface area contributed by atoms with Gasteiger partial charge in [0.2, 0.25) is 0 Å². The Balaban J connectivity index is 1.26. The number of rotatable bonds is 6. The molecule has 3 aromatic rings. The summed E-state index contributed by atoms with van der Waals surface area (Å²) in [5.41, 5.74) is 3.11. The van der Waals surface area contributed by atoms with E-state index < -0.39 is 6.09 Å². The van der Waals surface area contributed by atoms with Crippen LogP contribution in [0.1, 0.15) is 0 Å². The van der Waals surface area contributed by atoms with Gasteiger partial charge >= 0.3 is 6.09 Å². The van der Waals surface area contributed by atoms with Crippen LogP contribution in [0.4, 0.5) is 21.9 Å². The van der Waals surface area contributed by atoms with E-state index in [1.807, 2.05) is 24.3 Å². The number of hydrogen-bond acceptors (Lipinski definition) is 8. The number of fused-ring (bicyclic) bond motifs is 2. The highest BCUT2D eigenvalue weighted by Crippen LogP contribution is 2.35. The van der Waals surface area contributed by atoms with Crippen LogP contribution in [0.2, 0.25) is 0 Å². The molecule has 0 saturated carbocycles. The highest BCUT2D eigenvalue weighted by atomic mass is 16.6. The molecule has 1 aromatic heterocycles. The zero-order chi connectivity index (χ0) is 23.9. The summed E-state index contributed by atoms with van der Waals surface area (Å²) in [7, 11) is 1.65. The molecule has 0 bridgehead atoms. The zero-order valence-electron chi connectivity index (χ0n) is 19.2. The van der Waals surface area contributed by atoms with E-state index in [-0.39, 0.29) is 24.7 Å². The number of ether oxygens (including phenoxy) is 3. The first-order valence-corrected chi connectivity index (χ1v) is 11.5. The molecule has 2 aromatic carbocycles. The van der Waals surface area contributed by atoms with E-state index in [0.717, 1.165) is 35.4 Å². The van der Waals surface area contributed by atoms with Gasteiger partial charge in [0, 0.05) is 36.0 Å². The van der Waals surface area contributed by atoms with Crippen LogP contribution >= 0.6 is 0 Å². The molecule has 0 unspecified atom stereocenters. The Kier molecular flexibility index (Phi) is 5.29. The third kappa shape index (κ3) is 3.95. The van der Waals surface area contributed by atoms with Gasteiger partial charge < -0.3 is 29.7 Å². The van der Waals surface area contributed by atoms with Gasteiger partial charge in [-0.3, -0.25) is 14.7 Å². The number of pyridine rings is 1. The largest absolute Gasteiger partial charge is 0.497 e. The van der Waals surface area contributed by atoms with Crippen molar-refractivity contribution in [3.63, 3.8) is 0 Å². The van der Waals surface area contributed by atoms with Gasteiger partial charge in [0.1, 0.15) is 17.6 Å². The molecule has 2 N–H and O–H groups in total. The molecule has 2 fully saturated rings. The average Bonchev–Trinajstić information content (AvgIpc) is 3.21. The van der Waals surface area contributed by atoms with Crippen LogP contribution in [0, 0.1) is 0 Å². The molecule has 10 nitrogen and oxygen atoms in total. The third-order valence-corrected chi connectivity index (χ3v) is 6.62. The maximum absolute atomic E-state index is 12.8. The lowest BCUT2D eigenvalue weighted by Gasteiger charge is -2.41. The van der Waals surface area contributed by atoms with Crippen LogP contribution in [0.3, 0.4) is 0 Å². The first kappa shape index (κ1) is 21.5. The number of methoxy groups -OCH3 is 1. The maximum atomic E-state index is 12.8. The van der Waals surface area contributed by atoms with Gasteiger partial charge in [0.05, 0.1) is 37.4 Å². The van der Waals surface area contributed by atoms with Crippen molar-refractivity contribution in [2.75, 3.05) is 55.0 Å². The fourth-order valence-corrected chi connectivity index (χ4v) is 4.71. The van der Waals surface area contributed by atoms with E-state index in [1.165, 1.54) is 0 Å².